The summed E-state index contributed by atoms with van der Waals surface area (Å²) in [6.07, 6.45) is 1.35. The summed E-state index contributed by atoms with van der Waals surface area (Å²) in [5.74, 6) is 2.37. The number of rotatable bonds is 4. The molecule has 1 aromatic carbocycles. The maximum atomic E-state index is 3.46. The highest BCUT2D eigenvalue weighted by molar-refractivity contribution is 5.26. The molecule has 1 nitrogen and oxygen atoms in total. The summed E-state index contributed by atoms with van der Waals surface area (Å²) >= 11 is 0. The lowest BCUT2D eigenvalue weighted by atomic mass is 9.96. The van der Waals surface area contributed by atoms with Crippen molar-refractivity contribution >= 4 is 0 Å². The molecular weight excluding hydrogens is 182 g/mol. The third kappa shape index (κ3) is 2.23. The van der Waals surface area contributed by atoms with Crippen molar-refractivity contribution < 1.29 is 0 Å². The summed E-state index contributed by atoms with van der Waals surface area (Å²) in [5, 5.41) is 3.46. The van der Waals surface area contributed by atoms with Crippen LogP contribution in [-0.2, 0) is 0 Å². The van der Waals surface area contributed by atoms with E-state index in [9.17, 15) is 0 Å². The Hall–Kier alpha value is -0.820. The molecule has 1 aliphatic carbocycles. The van der Waals surface area contributed by atoms with E-state index in [0.717, 1.165) is 17.8 Å². The first-order chi connectivity index (χ1) is 7.24. The quantitative estimate of drug-likeness (QED) is 0.793. The fourth-order valence-corrected chi connectivity index (χ4v) is 2.74. The summed E-state index contributed by atoms with van der Waals surface area (Å²) in [6.45, 7) is 4.61. The highest BCUT2D eigenvalue weighted by Gasteiger charge is 2.43. The van der Waals surface area contributed by atoms with E-state index in [4.69, 9.17) is 0 Å². The zero-order chi connectivity index (χ0) is 10.8. The van der Waals surface area contributed by atoms with Gasteiger partial charge in [0.05, 0.1) is 0 Å². The second kappa shape index (κ2) is 4.36. The topological polar surface area (TPSA) is 12.0 Å². The Balaban J connectivity index is 2.01. The van der Waals surface area contributed by atoms with Crippen LogP contribution < -0.4 is 5.32 Å². The molecule has 0 radical (unpaired) electrons. The van der Waals surface area contributed by atoms with Gasteiger partial charge in [0.25, 0.3) is 0 Å². The molecule has 1 aromatic rings. The van der Waals surface area contributed by atoms with Crippen molar-refractivity contribution in [1.82, 2.24) is 5.32 Å². The first kappa shape index (κ1) is 10.7. The minimum atomic E-state index is 0.676. The smallest absolute Gasteiger partial charge is 0.0121 e. The number of hydrogen-bond donors (Lipinski definition) is 1. The van der Waals surface area contributed by atoms with E-state index in [1.807, 2.05) is 0 Å². The Morgan fingerprint density at radius 1 is 1.20 bits per heavy atom. The lowest BCUT2D eigenvalue weighted by molar-refractivity contribution is 0.380. The molecular formula is C14H21N. The highest BCUT2D eigenvalue weighted by atomic mass is 14.9. The average Bonchev–Trinajstić information content (AvgIpc) is 3.00. The van der Waals surface area contributed by atoms with Gasteiger partial charge >= 0.3 is 0 Å². The van der Waals surface area contributed by atoms with Gasteiger partial charge in [0, 0.05) is 6.04 Å². The Morgan fingerprint density at radius 3 is 2.40 bits per heavy atom. The fraction of sp³-hybridized carbons (Fsp3) is 0.571. The number of nitrogens with one attached hydrogen (secondary N) is 1. The molecule has 0 aromatic heterocycles. The zero-order valence-corrected chi connectivity index (χ0v) is 9.90. The molecule has 0 heterocycles. The Morgan fingerprint density at radius 2 is 1.87 bits per heavy atom. The van der Waals surface area contributed by atoms with Crippen molar-refractivity contribution in [2.75, 3.05) is 7.05 Å². The average molecular weight is 203 g/mol. The summed E-state index contributed by atoms with van der Waals surface area (Å²) in [5.41, 5.74) is 1.52. The summed E-state index contributed by atoms with van der Waals surface area (Å²) in [7, 11) is 2.09. The number of hydrogen-bond acceptors (Lipinski definition) is 1. The maximum absolute atomic E-state index is 3.46. The molecule has 1 heteroatoms. The lowest BCUT2D eigenvalue weighted by Crippen LogP contribution is -2.33. The number of benzene rings is 1. The molecule has 1 aliphatic rings. The van der Waals surface area contributed by atoms with Crippen molar-refractivity contribution in [2.24, 2.45) is 11.8 Å². The predicted octanol–water partition coefficient (Wildman–Crippen LogP) is 3.03. The third-order valence-electron chi connectivity index (χ3n) is 3.58. The van der Waals surface area contributed by atoms with Gasteiger partial charge in [-0.2, -0.15) is 0 Å². The van der Waals surface area contributed by atoms with E-state index in [1.165, 1.54) is 12.0 Å². The van der Waals surface area contributed by atoms with Gasteiger partial charge in [-0.1, -0.05) is 44.2 Å². The van der Waals surface area contributed by atoms with Gasteiger partial charge in [-0.05, 0) is 36.8 Å². The molecule has 0 aliphatic heterocycles. The SMILES string of the molecule is CNC(C(C)C)C1CC1c1ccccc1. The van der Waals surface area contributed by atoms with Crippen LogP contribution in [0.5, 0.6) is 0 Å². The second-order valence-electron chi connectivity index (χ2n) is 4.98. The Kier molecular flexibility index (Phi) is 3.11. The lowest BCUT2D eigenvalue weighted by Gasteiger charge is -2.20. The predicted molar refractivity (Wildman–Crippen MR) is 65.0 cm³/mol. The molecule has 15 heavy (non-hydrogen) atoms. The van der Waals surface area contributed by atoms with Crippen molar-refractivity contribution in [1.29, 1.82) is 0 Å². The van der Waals surface area contributed by atoms with Crippen LogP contribution in [0.15, 0.2) is 30.3 Å². The molecule has 0 bridgehead atoms. The van der Waals surface area contributed by atoms with Crippen LogP contribution in [0.1, 0.15) is 31.7 Å². The summed E-state index contributed by atoms with van der Waals surface area (Å²) in [6, 6.07) is 11.6. The van der Waals surface area contributed by atoms with Crippen molar-refractivity contribution in [3.8, 4) is 0 Å². The van der Waals surface area contributed by atoms with Crippen molar-refractivity contribution in [3.05, 3.63) is 35.9 Å². The molecule has 0 saturated heterocycles. The molecule has 82 valence electrons. The van der Waals surface area contributed by atoms with Gasteiger partial charge < -0.3 is 5.32 Å². The van der Waals surface area contributed by atoms with Crippen molar-refractivity contribution in [3.63, 3.8) is 0 Å². The Labute approximate surface area is 92.9 Å². The van der Waals surface area contributed by atoms with Crippen LogP contribution in [-0.4, -0.2) is 13.1 Å². The first-order valence-corrected chi connectivity index (χ1v) is 5.96. The van der Waals surface area contributed by atoms with Gasteiger partial charge in [0.2, 0.25) is 0 Å². The largest absolute Gasteiger partial charge is 0.316 e. The minimum Gasteiger partial charge on any atom is -0.316 e. The fourth-order valence-electron chi connectivity index (χ4n) is 2.74. The van der Waals surface area contributed by atoms with Gasteiger partial charge in [0.1, 0.15) is 0 Å². The van der Waals surface area contributed by atoms with Crippen LogP contribution in [0.4, 0.5) is 0 Å². The van der Waals surface area contributed by atoms with E-state index >= 15 is 0 Å². The minimum absolute atomic E-state index is 0.676. The Bertz CT molecular complexity index is 304. The van der Waals surface area contributed by atoms with E-state index in [2.05, 4.69) is 56.5 Å². The molecule has 0 amide bonds. The maximum Gasteiger partial charge on any atom is 0.0121 e. The molecule has 3 unspecified atom stereocenters. The molecule has 2 rings (SSSR count). The molecule has 1 N–H and O–H groups in total. The van der Waals surface area contributed by atoms with Crippen LogP contribution in [0, 0.1) is 11.8 Å². The molecule has 1 saturated carbocycles. The first-order valence-electron chi connectivity index (χ1n) is 5.96. The van der Waals surface area contributed by atoms with E-state index < -0.39 is 0 Å². The molecule has 0 spiro atoms. The van der Waals surface area contributed by atoms with Gasteiger partial charge in [-0.15, -0.1) is 0 Å². The molecule has 3 atom stereocenters. The van der Waals surface area contributed by atoms with Crippen LogP contribution in [0.25, 0.3) is 0 Å². The van der Waals surface area contributed by atoms with Gasteiger partial charge in [-0.3, -0.25) is 0 Å². The van der Waals surface area contributed by atoms with Crippen LogP contribution in [0.3, 0.4) is 0 Å². The third-order valence-corrected chi connectivity index (χ3v) is 3.58. The highest BCUT2D eigenvalue weighted by Crippen LogP contribution is 2.50. The van der Waals surface area contributed by atoms with Crippen molar-refractivity contribution in [2.45, 2.75) is 32.2 Å². The van der Waals surface area contributed by atoms with Crippen LogP contribution in [0.2, 0.25) is 0 Å². The van der Waals surface area contributed by atoms with Crippen LogP contribution >= 0.6 is 0 Å². The molecule has 1 fully saturated rings. The zero-order valence-electron chi connectivity index (χ0n) is 9.90. The second-order valence-corrected chi connectivity index (χ2v) is 4.98. The van der Waals surface area contributed by atoms with E-state index in [0.29, 0.717) is 6.04 Å². The monoisotopic (exact) mass is 203 g/mol. The van der Waals surface area contributed by atoms with Gasteiger partial charge in [-0.25, -0.2) is 0 Å². The summed E-state index contributed by atoms with van der Waals surface area (Å²) in [4.78, 5) is 0. The van der Waals surface area contributed by atoms with E-state index in [1.54, 1.807) is 0 Å². The summed E-state index contributed by atoms with van der Waals surface area (Å²) < 4.78 is 0. The van der Waals surface area contributed by atoms with E-state index in [-0.39, 0.29) is 0 Å². The van der Waals surface area contributed by atoms with Gasteiger partial charge in [0.15, 0.2) is 0 Å². The normalized spacial score (nSPS) is 26.7. The standard InChI is InChI=1S/C14H21N/c1-10(2)14(15-3)13-9-12(13)11-7-5-4-6-8-11/h4-8,10,12-15H,9H2,1-3H3.